The van der Waals surface area contributed by atoms with E-state index in [0.29, 0.717) is 15.6 Å². The Kier molecular flexibility index (Phi) is 3.56. The van der Waals surface area contributed by atoms with Gasteiger partial charge in [-0.15, -0.1) is 0 Å². The molecule has 0 aromatic heterocycles. The van der Waals surface area contributed by atoms with Crippen LogP contribution < -0.4 is 0 Å². The van der Waals surface area contributed by atoms with E-state index in [9.17, 15) is 5.11 Å². The van der Waals surface area contributed by atoms with Crippen LogP contribution in [-0.4, -0.2) is 16.3 Å². The molecule has 0 saturated heterocycles. The van der Waals surface area contributed by atoms with Gasteiger partial charge in [-0.1, -0.05) is 29.3 Å². The number of aliphatic hydroxyl groups excluding tert-OH is 2. The third-order valence-electron chi connectivity index (χ3n) is 1.74. The van der Waals surface area contributed by atoms with Crippen molar-refractivity contribution in [3.8, 4) is 0 Å². The minimum absolute atomic E-state index is 0.374. The van der Waals surface area contributed by atoms with Crippen molar-refractivity contribution in [1.82, 2.24) is 0 Å². The zero-order valence-corrected chi connectivity index (χ0v) is 8.55. The summed E-state index contributed by atoms with van der Waals surface area (Å²) in [5.74, 6) is 0. The minimum atomic E-state index is -0.922. The van der Waals surface area contributed by atoms with E-state index in [1.54, 1.807) is 18.2 Å². The second-order valence-electron chi connectivity index (χ2n) is 2.86. The topological polar surface area (TPSA) is 40.5 Å². The molecule has 0 aliphatic carbocycles. The molecule has 1 unspecified atom stereocenters. The molecule has 2 nitrogen and oxygen atoms in total. The lowest BCUT2D eigenvalue weighted by molar-refractivity contribution is 0.0305. The monoisotopic (exact) mass is 220 g/mol. The molecule has 1 rings (SSSR count). The Balaban J connectivity index is 2.97. The molecule has 2 N–H and O–H groups in total. The first kappa shape index (κ1) is 10.8. The highest BCUT2D eigenvalue weighted by molar-refractivity contribution is 6.42. The quantitative estimate of drug-likeness (QED) is 0.804. The van der Waals surface area contributed by atoms with Gasteiger partial charge in [-0.05, 0) is 24.6 Å². The summed E-state index contributed by atoms with van der Waals surface area (Å²) in [5.41, 5.74) is 0.560. The Morgan fingerprint density at radius 3 is 2.23 bits per heavy atom. The Morgan fingerprint density at radius 2 is 1.77 bits per heavy atom. The van der Waals surface area contributed by atoms with Crippen LogP contribution in [0.3, 0.4) is 0 Å². The van der Waals surface area contributed by atoms with Crippen LogP contribution in [0, 0.1) is 0 Å². The number of hydrogen-bond donors (Lipinski definition) is 2. The predicted octanol–water partition coefficient (Wildman–Crippen LogP) is 2.41. The van der Waals surface area contributed by atoms with Crippen molar-refractivity contribution >= 4 is 23.2 Å². The average molecular weight is 221 g/mol. The van der Waals surface area contributed by atoms with Crippen molar-refractivity contribution in [2.75, 3.05) is 0 Å². The lowest BCUT2D eigenvalue weighted by atomic mass is 10.1. The highest BCUT2D eigenvalue weighted by atomic mass is 35.5. The van der Waals surface area contributed by atoms with Gasteiger partial charge in [0.2, 0.25) is 0 Å². The first-order valence-corrected chi connectivity index (χ1v) is 4.59. The zero-order valence-electron chi connectivity index (χ0n) is 7.04. The predicted molar refractivity (Wildman–Crippen MR) is 53.1 cm³/mol. The van der Waals surface area contributed by atoms with E-state index in [1.165, 1.54) is 6.92 Å². The summed E-state index contributed by atoms with van der Waals surface area (Å²) in [5, 5.41) is 19.4. The molecule has 0 fully saturated rings. The smallest absolute Gasteiger partial charge is 0.105 e. The largest absolute Gasteiger partial charge is 0.390 e. The van der Waals surface area contributed by atoms with Crippen LogP contribution in [0.1, 0.15) is 18.6 Å². The second-order valence-corrected chi connectivity index (χ2v) is 3.67. The van der Waals surface area contributed by atoms with Crippen molar-refractivity contribution in [2.45, 2.75) is 19.1 Å². The third kappa shape index (κ3) is 2.58. The molecule has 2 atom stereocenters. The summed E-state index contributed by atoms with van der Waals surface area (Å²) in [4.78, 5) is 0. The van der Waals surface area contributed by atoms with Crippen LogP contribution in [0.5, 0.6) is 0 Å². The normalized spacial score (nSPS) is 15.5. The molecular formula is C9H10Cl2O2. The van der Waals surface area contributed by atoms with Crippen molar-refractivity contribution in [3.63, 3.8) is 0 Å². The molecule has 0 heterocycles. The second kappa shape index (κ2) is 4.29. The number of rotatable bonds is 2. The highest BCUT2D eigenvalue weighted by Crippen LogP contribution is 2.26. The summed E-state index contributed by atoms with van der Waals surface area (Å²) >= 11 is 11.4. The summed E-state index contributed by atoms with van der Waals surface area (Å²) in [6.07, 6.45) is -1.74. The maximum Gasteiger partial charge on any atom is 0.105 e. The maximum atomic E-state index is 9.46. The average Bonchev–Trinajstić information content (AvgIpc) is 2.08. The molecule has 0 aliphatic heterocycles. The molecule has 0 aliphatic rings. The maximum absolute atomic E-state index is 9.46. The van der Waals surface area contributed by atoms with Gasteiger partial charge in [0.15, 0.2) is 0 Å². The Labute approximate surface area is 86.7 Å². The van der Waals surface area contributed by atoms with Crippen LogP contribution in [0.25, 0.3) is 0 Å². The number of aliphatic hydroxyl groups is 2. The molecule has 1 aromatic rings. The van der Waals surface area contributed by atoms with Gasteiger partial charge in [0, 0.05) is 0 Å². The molecule has 0 spiro atoms. The SMILES string of the molecule is C[C@@H](O)C(O)c1ccc(Cl)c(Cl)c1. The van der Waals surface area contributed by atoms with Crippen molar-refractivity contribution < 1.29 is 10.2 Å². The van der Waals surface area contributed by atoms with Crippen LogP contribution in [0.2, 0.25) is 10.0 Å². The Bertz CT molecular complexity index is 300. The Hall–Kier alpha value is -0.280. The zero-order chi connectivity index (χ0) is 10.0. The van der Waals surface area contributed by atoms with Crippen LogP contribution in [0.15, 0.2) is 18.2 Å². The van der Waals surface area contributed by atoms with E-state index >= 15 is 0 Å². The van der Waals surface area contributed by atoms with Crippen molar-refractivity contribution in [3.05, 3.63) is 33.8 Å². The van der Waals surface area contributed by atoms with E-state index in [4.69, 9.17) is 28.3 Å². The van der Waals surface area contributed by atoms with Crippen molar-refractivity contribution in [1.29, 1.82) is 0 Å². The fourth-order valence-electron chi connectivity index (χ4n) is 0.975. The van der Waals surface area contributed by atoms with Crippen LogP contribution in [0.4, 0.5) is 0 Å². The first-order chi connectivity index (χ1) is 6.02. The van der Waals surface area contributed by atoms with Gasteiger partial charge in [-0.25, -0.2) is 0 Å². The van der Waals surface area contributed by atoms with Gasteiger partial charge < -0.3 is 10.2 Å². The van der Waals surface area contributed by atoms with Crippen molar-refractivity contribution in [2.24, 2.45) is 0 Å². The molecule has 0 saturated carbocycles. The van der Waals surface area contributed by atoms with E-state index in [2.05, 4.69) is 0 Å². The number of benzene rings is 1. The Morgan fingerprint density at radius 1 is 1.15 bits per heavy atom. The number of hydrogen-bond acceptors (Lipinski definition) is 2. The summed E-state index contributed by atoms with van der Waals surface area (Å²) in [6.45, 7) is 1.51. The molecule has 0 amide bonds. The van der Waals surface area contributed by atoms with E-state index in [0.717, 1.165) is 0 Å². The standard InChI is InChI=1S/C9H10Cl2O2/c1-5(12)9(13)6-2-3-7(10)8(11)4-6/h2-5,9,12-13H,1H3/t5-,9?/m1/s1. The molecule has 0 bridgehead atoms. The molecule has 4 heteroatoms. The lowest BCUT2D eigenvalue weighted by Crippen LogP contribution is -2.13. The van der Waals surface area contributed by atoms with E-state index in [1.807, 2.05) is 0 Å². The summed E-state index contributed by atoms with van der Waals surface area (Å²) in [7, 11) is 0. The van der Waals surface area contributed by atoms with Gasteiger partial charge in [0.25, 0.3) is 0 Å². The minimum Gasteiger partial charge on any atom is -0.390 e. The van der Waals surface area contributed by atoms with Gasteiger partial charge in [0.1, 0.15) is 6.10 Å². The van der Waals surface area contributed by atoms with Gasteiger partial charge in [0.05, 0.1) is 16.1 Å². The lowest BCUT2D eigenvalue weighted by Gasteiger charge is -2.14. The molecular weight excluding hydrogens is 211 g/mol. The van der Waals surface area contributed by atoms with Gasteiger partial charge in [-0.3, -0.25) is 0 Å². The molecule has 0 radical (unpaired) electrons. The molecule has 1 aromatic carbocycles. The number of halogens is 2. The third-order valence-corrected chi connectivity index (χ3v) is 2.48. The summed E-state index contributed by atoms with van der Waals surface area (Å²) in [6, 6.07) is 4.76. The fourth-order valence-corrected chi connectivity index (χ4v) is 1.28. The summed E-state index contributed by atoms with van der Waals surface area (Å²) < 4.78 is 0. The fraction of sp³-hybridized carbons (Fsp3) is 0.333. The van der Waals surface area contributed by atoms with Crippen LogP contribution >= 0.6 is 23.2 Å². The van der Waals surface area contributed by atoms with E-state index in [-0.39, 0.29) is 0 Å². The van der Waals surface area contributed by atoms with Gasteiger partial charge in [-0.2, -0.15) is 0 Å². The first-order valence-electron chi connectivity index (χ1n) is 3.83. The van der Waals surface area contributed by atoms with Gasteiger partial charge >= 0.3 is 0 Å². The highest BCUT2D eigenvalue weighted by Gasteiger charge is 2.14. The molecule has 13 heavy (non-hydrogen) atoms. The van der Waals surface area contributed by atoms with Crippen LogP contribution in [-0.2, 0) is 0 Å². The molecule has 72 valence electrons. The van der Waals surface area contributed by atoms with E-state index < -0.39 is 12.2 Å².